The number of hydrogen-bond donors (Lipinski definition) is 1. The van der Waals surface area contributed by atoms with E-state index in [1.807, 2.05) is 0 Å². The Kier molecular flexibility index (Phi) is 5.17. The van der Waals surface area contributed by atoms with Crippen LogP contribution in [-0.2, 0) is 6.18 Å². The highest BCUT2D eigenvalue weighted by Gasteiger charge is 2.30. The van der Waals surface area contributed by atoms with E-state index in [0.717, 1.165) is 12.1 Å². The summed E-state index contributed by atoms with van der Waals surface area (Å²) in [5.41, 5.74) is 0.854. The molecule has 7 nitrogen and oxygen atoms in total. The lowest BCUT2D eigenvalue weighted by Crippen LogP contribution is -2.06. The molecule has 0 radical (unpaired) electrons. The molecule has 1 aromatic carbocycles. The van der Waals surface area contributed by atoms with E-state index >= 15 is 0 Å². The molecule has 11 heteroatoms. The van der Waals surface area contributed by atoms with Crippen molar-refractivity contribution in [3.05, 3.63) is 71.8 Å². The summed E-state index contributed by atoms with van der Waals surface area (Å²) < 4.78 is 44.7. The number of rotatable bonds is 5. The number of benzene rings is 1. The lowest BCUT2D eigenvalue weighted by atomic mass is 10.2. The third-order valence-electron chi connectivity index (χ3n) is 4.24. The monoisotopic (exact) mass is 434 g/mol. The zero-order valence-electron chi connectivity index (χ0n) is 15.4. The third kappa shape index (κ3) is 3.99. The summed E-state index contributed by atoms with van der Waals surface area (Å²) in [6, 6.07) is 9.65. The van der Waals surface area contributed by atoms with Gasteiger partial charge >= 0.3 is 6.18 Å². The molecule has 1 atom stereocenters. The van der Waals surface area contributed by atoms with Crippen LogP contribution in [0.3, 0.4) is 0 Å². The molecule has 0 aliphatic heterocycles. The van der Waals surface area contributed by atoms with E-state index in [4.69, 9.17) is 16.3 Å². The Morgan fingerprint density at radius 3 is 2.50 bits per heavy atom. The SMILES string of the molecule is COc1cc(C(Cl)c2nccc3nc(Nc4ccc(C(F)(F)F)cc4)nn23)ccn1. The molecule has 3 heterocycles. The van der Waals surface area contributed by atoms with Crippen molar-refractivity contribution >= 4 is 28.9 Å². The number of ether oxygens (including phenoxy) is 1. The second-order valence-corrected chi connectivity index (χ2v) is 6.64. The number of halogens is 4. The summed E-state index contributed by atoms with van der Waals surface area (Å²) in [7, 11) is 1.50. The number of pyridine rings is 1. The number of aromatic nitrogens is 5. The van der Waals surface area contributed by atoms with E-state index in [9.17, 15) is 13.2 Å². The number of anilines is 2. The van der Waals surface area contributed by atoms with E-state index in [-0.39, 0.29) is 5.95 Å². The Hall–Kier alpha value is -3.40. The summed E-state index contributed by atoms with van der Waals surface area (Å²) in [4.78, 5) is 12.7. The predicted octanol–water partition coefficient (Wildman–Crippen LogP) is 4.62. The minimum absolute atomic E-state index is 0.195. The van der Waals surface area contributed by atoms with Gasteiger partial charge in [0.15, 0.2) is 11.5 Å². The van der Waals surface area contributed by atoms with Gasteiger partial charge in [0.2, 0.25) is 11.8 Å². The van der Waals surface area contributed by atoms with Crippen molar-refractivity contribution in [3.8, 4) is 5.88 Å². The predicted molar refractivity (Wildman–Crippen MR) is 104 cm³/mol. The van der Waals surface area contributed by atoms with Crippen LogP contribution in [0.1, 0.15) is 22.3 Å². The molecule has 0 aliphatic carbocycles. The Bertz CT molecular complexity index is 1180. The molecule has 3 aromatic heterocycles. The average Bonchev–Trinajstić information content (AvgIpc) is 3.15. The highest BCUT2D eigenvalue weighted by molar-refractivity contribution is 6.22. The van der Waals surface area contributed by atoms with Gasteiger partial charge < -0.3 is 10.1 Å². The summed E-state index contributed by atoms with van der Waals surface area (Å²) in [6.07, 6.45) is -1.27. The number of nitrogens with zero attached hydrogens (tertiary/aromatic N) is 5. The van der Waals surface area contributed by atoms with Gasteiger partial charge in [-0.1, -0.05) is 0 Å². The maximum atomic E-state index is 12.7. The smallest absolute Gasteiger partial charge is 0.416 e. The van der Waals surface area contributed by atoms with Crippen molar-refractivity contribution in [2.24, 2.45) is 0 Å². The first-order valence-corrected chi connectivity index (χ1v) is 9.09. The van der Waals surface area contributed by atoms with Crippen LogP contribution < -0.4 is 10.1 Å². The summed E-state index contributed by atoms with van der Waals surface area (Å²) in [6.45, 7) is 0. The third-order valence-corrected chi connectivity index (χ3v) is 4.68. The van der Waals surface area contributed by atoms with E-state index in [1.54, 1.807) is 30.6 Å². The Morgan fingerprint density at radius 1 is 1.07 bits per heavy atom. The van der Waals surface area contributed by atoms with Crippen LogP contribution in [-0.4, -0.2) is 31.7 Å². The maximum Gasteiger partial charge on any atom is 0.416 e. The van der Waals surface area contributed by atoms with Crippen molar-refractivity contribution in [1.82, 2.24) is 24.6 Å². The van der Waals surface area contributed by atoms with E-state index in [0.29, 0.717) is 28.6 Å². The number of fused-ring (bicyclic) bond motifs is 1. The quantitative estimate of drug-likeness (QED) is 0.462. The van der Waals surface area contributed by atoms with E-state index in [2.05, 4.69) is 25.4 Å². The molecule has 0 aliphatic rings. The van der Waals surface area contributed by atoms with Crippen LogP contribution in [0, 0.1) is 0 Å². The zero-order valence-corrected chi connectivity index (χ0v) is 16.2. The molecule has 0 saturated heterocycles. The fraction of sp³-hybridized carbons (Fsp3) is 0.158. The molecule has 4 aromatic rings. The fourth-order valence-corrected chi connectivity index (χ4v) is 3.06. The van der Waals surface area contributed by atoms with Gasteiger partial charge in [-0.3, -0.25) is 0 Å². The van der Waals surface area contributed by atoms with Crippen molar-refractivity contribution in [2.75, 3.05) is 12.4 Å². The van der Waals surface area contributed by atoms with Crippen LogP contribution in [0.25, 0.3) is 5.65 Å². The summed E-state index contributed by atoms with van der Waals surface area (Å²) in [5, 5.41) is 6.57. The molecule has 1 unspecified atom stereocenters. The molecule has 154 valence electrons. The van der Waals surface area contributed by atoms with Gasteiger partial charge in [0.05, 0.1) is 12.7 Å². The van der Waals surface area contributed by atoms with Crippen LogP contribution in [0.4, 0.5) is 24.8 Å². The van der Waals surface area contributed by atoms with Crippen LogP contribution in [0.2, 0.25) is 0 Å². The molecule has 0 saturated carbocycles. The zero-order chi connectivity index (χ0) is 21.3. The van der Waals surface area contributed by atoms with Crippen LogP contribution in [0.5, 0.6) is 5.88 Å². The van der Waals surface area contributed by atoms with Gasteiger partial charge in [-0.05, 0) is 35.9 Å². The summed E-state index contributed by atoms with van der Waals surface area (Å²) >= 11 is 6.61. The highest BCUT2D eigenvalue weighted by atomic mass is 35.5. The Morgan fingerprint density at radius 2 is 1.80 bits per heavy atom. The minimum Gasteiger partial charge on any atom is -0.481 e. The van der Waals surface area contributed by atoms with Gasteiger partial charge in [0, 0.05) is 30.2 Å². The van der Waals surface area contributed by atoms with Crippen molar-refractivity contribution in [3.63, 3.8) is 0 Å². The van der Waals surface area contributed by atoms with Gasteiger partial charge in [0.25, 0.3) is 0 Å². The van der Waals surface area contributed by atoms with E-state index < -0.39 is 17.1 Å². The largest absolute Gasteiger partial charge is 0.481 e. The second-order valence-electron chi connectivity index (χ2n) is 6.20. The molecule has 0 amide bonds. The van der Waals surface area contributed by atoms with Crippen LogP contribution in [0.15, 0.2) is 54.9 Å². The number of methoxy groups -OCH3 is 1. The number of hydrogen-bond acceptors (Lipinski definition) is 6. The average molecular weight is 435 g/mol. The lowest BCUT2D eigenvalue weighted by Gasteiger charge is -2.11. The number of alkyl halides is 4. The summed E-state index contributed by atoms with van der Waals surface area (Å²) in [5.74, 6) is 1.02. The first-order chi connectivity index (χ1) is 14.3. The lowest BCUT2D eigenvalue weighted by molar-refractivity contribution is -0.137. The molecular formula is C19H14ClF3N6O. The Balaban J connectivity index is 1.63. The molecule has 30 heavy (non-hydrogen) atoms. The first kappa shape index (κ1) is 19.9. The van der Waals surface area contributed by atoms with Gasteiger partial charge in [-0.2, -0.15) is 22.7 Å². The first-order valence-electron chi connectivity index (χ1n) is 8.65. The number of nitrogens with one attached hydrogen (secondary N) is 1. The molecular weight excluding hydrogens is 421 g/mol. The van der Waals surface area contributed by atoms with Crippen molar-refractivity contribution in [1.29, 1.82) is 0 Å². The second kappa shape index (κ2) is 7.79. The molecule has 0 fully saturated rings. The highest BCUT2D eigenvalue weighted by Crippen LogP contribution is 2.31. The fourth-order valence-electron chi connectivity index (χ4n) is 2.78. The normalized spacial score (nSPS) is 12.7. The van der Waals surface area contributed by atoms with Gasteiger partial charge in [-0.15, -0.1) is 16.7 Å². The van der Waals surface area contributed by atoms with Gasteiger partial charge in [0.1, 0.15) is 5.38 Å². The standard InChI is InChI=1S/C19H14ClF3N6O/c1-30-15-10-11(6-8-24-15)16(20)17-25-9-7-14-27-18(28-29(14)17)26-13-4-2-12(3-5-13)19(21,22)23/h2-10,16H,1H3,(H,26,28). The topological polar surface area (TPSA) is 77.2 Å². The molecule has 0 bridgehead atoms. The van der Waals surface area contributed by atoms with E-state index in [1.165, 1.54) is 23.8 Å². The van der Waals surface area contributed by atoms with Crippen molar-refractivity contribution < 1.29 is 17.9 Å². The molecule has 1 N–H and O–H groups in total. The Labute approximate surface area is 173 Å². The molecule has 0 spiro atoms. The van der Waals surface area contributed by atoms with Crippen molar-refractivity contribution in [2.45, 2.75) is 11.6 Å². The van der Waals surface area contributed by atoms with Gasteiger partial charge in [-0.25, -0.2) is 9.97 Å². The molecule has 4 rings (SSSR count). The minimum atomic E-state index is -4.40. The maximum absolute atomic E-state index is 12.7. The van der Waals surface area contributed by atoms with Crippen LogP contribution >= 0.6 is 11.6 Å².